The van der Waals surface area contributed by atoms with Crippen LogP contribution in [0, 0.1) is 12.8 Å². The summed E-state index contributed by atoms with van der Waals surface area (Å²) in [7, 11) is 0. The van der Waals surface area contributed by atoms with Crippen LogP contribution < -0.4 is 10.6 Å². The maximum atomic E-state index is 13.0. The van der Waals surface area contributed by atoms with E-state index in [1.54, 1.807) is 0 Å². The average Bonchev–Trinajstić information content (AvgIpc) is 3.54. The number of fused-ring (bicyclic) bond motifs is 1. The van der Waals surface area contributed by atoms with Gasteiger partial charge in [-0.3, -0.25) is 4.79 Å². The maximum absolute atomic E-state index is 13.0. The number of carbonyl (C=O) groups is 2. The number of likely N-dealkylation sites (tertiary alicyclic amines) is 1. The van der Waals surface area contributed by atoms with Crippen LogP contribution in [-0.2, 0) is 4.79 Å². The van der Waals surface area contributed by atoms with Crippen molar-refractivity contribution in [2.75, 3.05) is 23.7 Å². The van der Waals surface area contributed by atoms with Gasteiger partial charge < -0.3 is 20.5 Å². The number of piperidine rings is 1. The smallest absolute Gasteiger partial charge is 0.321 e. The summed E-state index contributed by atoms with van der Waals surface area (Å²) in [4.78, 5) is 35.1. The minimum absolute atomic E-state index is 0.0610. The van der Waals surface area contributed by atoms with Gasteiger partial charge in [0.15, 0.2) is 0 Å². The first-order chi connectivity index (χ1) is 15.1. The molecule has 2 aliphatic rings. The Kier molecular flexibility index (Phi) is 5.10. The quantitative estimate of drug-likeness (QED) is 0.578. The van der Waals surface area contributed by atoms with Crippen LogP contribution >= 0.6 is 0 Å². The van der Waals surface area contributed by atoms with Crippen molar-refractivity contribution in [3.05, 3.63) is 53.9 Å². The van der Waals surface area contributed by atoms with Crippen molar-refractivity contribution >= 4 is 34.3 Å². The fourth-order valence-corrected chi connectivity index (χ4v) is 4.17. The zero-order chi connectivity index (χ0) is 21.4. The molecule has 2 fully saturated rings. The Morgan fingerprint density at radius 3 is 2.74 bits per heavy atom. The van der Waals surface area contributed by atoms with Crippen LogP contribution in [-0.4, -0.2) is 39.9 Å². The predicted octanol–water partition coefficient (Wildman–Crippen LogP) is 4.63. The van der Waals surface area contributed by atoms with E-state index in [1.807, 2.05) is 54.3 Å². The molecular weight excluding hydrogens is 390 g/mol. The number of urea groups is 1. The van der Waals surface area contributed by atoms with Crippen LogP contribution in [0.25, 0.3) is 11.0 Å². The standard InChI is InChI=1S/C24H27N5O2/c1-15-8-11-18(25-23(30)16-9-10-16)13-21(15)28-24(31)29-12-4-5-17(14-29)22-26-19-6-2-3-7-20(19)27-22/h2-3,6-8,11,13,16-17H,4-5,9-10,12,14H2,1H3,(H,25,30)(H,26,27)(H,28,31). The van der Waals surface area contributed by atoms with E-state index in [9.17, 15) is 9.59 Å². The first-order valence-electron chi connectivity index (χ1n) is 11.0. The molecule has 2 heterocycles. The SMILES string of the molecule is Cc1ccc(NC(=O)C2CC2)cc1NC(=O)N1CCCC(c2nc3ccccc3[nH]2)C1. The normalized spacial score (nSPS) is 18.7. The summed E-state index contributed by atoms with van der Waals surface area (Å²) in [5, 5.41) is 5.99. The van der Waals surface area contributed by atoms with Crippen LogP contribution in [0.1, 0.15) is 43.0 Å². The summed E-state index contributed by atoms with van der Waals surface area (Å²) in [6.07, 6.45) is 3.86. The van der Waals surface area contributed by atoms with Gasteiger partial charge >= 0.3 is 6.03 Å². The lowest BCUT2D eigenvalue weighted by molar-refractivity contribution is -0.117. The van der Waals surface area contributed by atoms with Crippen molar-refractivity contribution < 1.29 is 9.59 Å². The van der Waals surface area contributed by atoms with Gasteiger partial charge in [-0.05, 0) is 62.4 Å². The maximum Gasteiger partial charge on any atom is 0.321 e. The number of H-pyrrole nitrogens is 1. The highest BCUT2D eigenvalue weighted by Gasteiger charge is 2.30. The van der Waals surface area contributed by atoms with Gasteiger partial charge in [0, 0.05) is 36.3 Å². The topological polar surface area (TPSA) is 90.1 Å². The second-order valence-corrected chi connectivity index (χ2v) is 8.65. The van der Waals surface area contributed by atoms with Gasteiger partial charge in [0.1, 0.15) is 5.82 Å². The number of anilines is 2. The molecule has 0 radical (unpaired) electrons. The number of hydrogen-bond acceptors (Lipinski definition) is 3. The van der Waals surface area contributed by atoms with E-state index in [0.29, 0.717) is 6.54 Å². The van der Waals surface area contributed by atoms with Crippen molar-refractivity contribution in [2.24, 2.45) is 5.92 Å². The summed E-state index contributed by atoms with van der Waals surface area (Å²) >= 11 is 0. The van der Waals surface area contributed by atoms with E-state index in [-0.39, 0.29) is 23.8 Å². The molecule has 160 valence electrons. The number of carbonyl (C=O) groups excluding carboxylic acids is 2. The molecule has 3 amide bonds. The molecule has 7 nitrogen and oxygen atoms in total. The number of para-hydroxylation sites is 2. The summed E-state index contributed by atoms with van der Waals surface area (Å²) in [5.41, 5.74) is 4.39. The van der Waals surface area contributed by atoms with E-state index >= 15 is 0 Å². The molecule has 1 atom stereocenters. The average molecular weight is 418 g/mol. The monoisotopic (exact) mass is 417 g/mol. The first kappa shape index (κ1) is 19.6. The van der Waals surface area contributed by atoms with Gasteiger partial charge in [-0.15, -0.1) is 0 Å². The Bertz CT molecular complexity index is 1100. The Labute approximate surface area is 181 Å². The Balaban J connectivity index is 1.27. The van der Waals surface area contributed by atoms with Crippen molar-refractivity contribution in [3.63, 3.8) is 0 Å². The molecule has 3 aromatic rings. The molecule has 7 heteroatoms. The number of benzene rings is 2. The molecule has 0 bridgehead atoms. The fraction of sp³-hybridized carbons (Fsp3) is 0.375. The molecule has 1 aliphatic carbocycles. The number of amides is 3. The molecule has 1 saturated carbocycles. The van der Waals surface area contributed by atoms with Crippen molar-refractivity contribution in [2.45, 2.75) is 38.5 Å². The first-order valence-corrected chi connectivity index (χ1v) is 11.0. The minimum atomic E-state index is -0.116. The van der Waals surface area contributed by atoms with Crippen molar-refractivity contribution in [3.8, 4) is 0 Å². The van der Waals surface area contributed by atoms with Gasteiger partial charge in [0.2, 0.25) is 5.91 Å². The van der Waals surface area contributed by atoms with Gasteiger partial charge in [0.25, 0.3) is 0 Å². The van der Waals surface area contributed by atoms with E-state index in [0.717, 1.165) is 66.0 Å². The van der Waals surface area contributed by atoms with Crippen LogP contribution in [0.15, 0.2) is 42.5 Å². The Hall–Kier alpha value is -3.35. The van der Waals surface area contributed by atoms with E-state index in [1.165, 1.54) is 0 Å². The molecule has 2 aromatic carbocycles. The van der Waals surface area contributed by atoms with Crippen molar-refractivity contribution in [1.82, 2.24) is 14.9 Å². The summed E-state index contributed by atoms with van der Waals surface area (Å²) in [6, 6.07) is 13.5. The summed E-state index contributed by atoms with van der Waals surface area (Å²) in [6.45, 7) is 3.30. The lowest BCUT2D eigenvalue weighted by Crippen LogP contribution is -2.42. The molecule has 1 unspecified atom stereocenters. The Morgan fingerprint density at radius 1 is 1.10 bits per heavy atom. The van der Waals surface area contributed by atoms with Crippen LogP contribution in [0.3, 0.4) is 0 Å². The van der Waals surface area contributed by atoms with Gasteiger partial charge in [0.05, 0.1) is 11.0 Å². The van der Waals surface area contributed by atoms with Crippen LogP contribution in [0.5, 0.6) is 0 Å². The molecule has 1 saturated heterocycles. The lowest BCUT2D eigenvalue weighted by atomic mass is 9.97. The molecular formula is C24H27N5O2. The van der Waals surface area contributed by atoms with Gasteiger partial charge in [-0.1, -0.05) is 18.2 Å². The number of aromatic amines is 1. The van der Waals surface area contributed by atoms with Gasteiger partial charge in [-0.25, -0.2) is 9.78 Å². The van der Waals surface area contributed by atoms with Crippen LogP contribution in [0.4, 0.5) is 16.2 Å². The van der Waals surface area contributed by atoms with Crippen molar-refractivity contribution in [1.29, 1.82) is 0 Å². The van der Waals surface area contributed by atoms with E-state index in [2.05, 4.69) is 15.6 Å². The number of nitrogens with one attached hydrogen (secondary N) is 3. The summed E-state index contributed by atoms with van der Waals surface area (Å²) in [5.74, 6) is 1.34. The zero-order valence-electron chi connectivity index (χ0n) is 17.6. The number of rotatable bonds is 4. The second-order valence-electron chi connectivity index (χ2n) is 8.65. The minimum Gasteiger partial charge on any atom is -0.342 e. The fourth-order valence-electron chi connectivity index (χ4n) is 4.17. The number of aromatic nitrogens is 2. The Morgan fingerprint density at radius 2 is 1.94 bits per heavy atom. The third kappa shape index (κ3) is 4.26. The molecule has 0 spiro atoms. The number of hydrogen-bond donors (Lipinski definition) is 3. The largest absolute Gasteiger partial charge is 0.342 e. The number of aryl methyl sites for hydroxylation is 1. The van der Waals surface area contributed by atoms with Gasteiger partial charge in [-0.2, -0.15) is 0 Å². The number of imidazole rings is 1. The highest BCUT2D eigenvalue weighted by molar-refractivity contribution is 5.96. The molecule has 31 heavy (non-hydrogen) atoms. The third-order valence-corrected chi connectivity index (χ3v) is 6.20. The van der Waals surface area contributed by atoms with Crippen LogP contribution in [0.2, 0.25) is 0 Å². The highest BCUT2D eigenvalue weighted by Crippen LogP contribution is 2.31. The number of nitrogens with zero attached hydrogens (tertiary/aromatic N) is 2. The lowest BCUT2D eigenvalue weighted by Gasteiger charge is -2.32. The van der Waals surface area contributed by atoms with E-state index in [4.69, 9.17) is 4.98 Å². The molecule has 3 N–H and O–H groups in total. The predicted molar refractivity (Wildman–Crippen MR) is 121 cm³/mol. The van der Waals surface area contributed by atoms with E-state index < -0.39 is 0 Å². The second kappa shape index (κ2) is 8.06. The molecule has 5 rings (SSSR count). The zero-order valence-corrected chi connectivity index (χ0v) is 17.6. The third-order valence-electron chi connectivity index (χ3n) is 6.20. The summed E-state index contributed by atoms with van der Waals surface area (Å²) < 4.78 is 0. The molecule has 1 aromatic heterocycles. The highest BCUT2D eigenvalue weighted by atomic mass is 16.2. The molecule has 1 aliphatic heterocycles.